The molecule has 0 bridgehead atoms. The first-order valence-electron chi connectivity index (χ1n) is 11.0. The van der Waals surface area contributed by atoms with E-state index in [1.165, 1.54) is 44.1 Å². The van der Waals surface area contributed by atoms with Crippen molar-refractivity contribution in [3.8, 4) is 17.1 Å². The van der Waals surface area contributed by atoms with Crippen LogP contribution in [0.15, 0.2) is 35.6 Å². The summed E-state index contributed by atoms with van der Waals surface area (Å²) in [4.78, 5) is 34.9. The lowest BCUT2D eigenvalue weighted by Crippen LogP contribution is -2.50. The number of imidazole rings is 1. The maximum absolute atomic E-state index is 13.3. The average Bonchev–Trinajstić information content (AvgIpc) is 3.28. The first kappa shape index (κ1) is 27.8. The van der Waals surface area contributed by atoms with Gasteiger partial charge in [0.05, 0.1) is 18.4 Å². The third-order valence-electron chi connectivity index (χ3n) is 5.50. The first-order chi connectivity index (χ1) is 17.2. The van der Waals surface area contributed by atoms with Crippen LogP contribution in [-0.2, 0) is 13.6 Å². The number of carbonyl (C=O) groups excluding carboxylic acids is 1. The number of aryl methyl sites for hydroxylation is 1. The maximum atomic E-state index is 13.3. The largest absolute Gasteiger partial charge is 0.478 e. The molecule has 1 unspecified atom stereocenters. The van der Waals surface area contributed by atoms with Crippen molar-refractivity contribution in [1.29, 1.82) is 0 Å². The highest BCUT2D eigenvalue weighted by Crippen LogP contribution is 2.29. The van der Waals surface area contributed by atoms with Gasteiger partial charge in [-0.25, -0.2) is 14.8 Å². The number of urea groups is 1. The van der Waals surface area contributed by atoms with Gasteiger partial charge in [0, 0.05) is 51.3 Å². The number of amides is 2. The van der Waals surface area contributed by atoms with Crippen LogP contribution in [0.2, 0.25) is 0 Å². The fraction of sp³-hybridized carbons (Fsp3) is 0.455. The van der Waals surface area contributed by atoms with Crippen molar-refractivity contribution in [1.82, 2.24) is 29.2 Å². The van der Waals surface area contributed by atoms with E-state index in [9.17, 15) is 35.9 Å². The van der Waals surface area contributed by atoms with Gasteiger partial charge in [0.1, 0.15) is 6.04 Å². The average molecular weight is 534 g/mol. The minimum Gasteiger partial charge on any atom is -0.478 e. The smallest absolute Gasteiger partial charge is 0.408 e. The third-order valence-corrected chi connectivity index (χ3v) is 5.50. The number of aromatic nitrogens is 4. The van der Waals surface area contributed by atoms with E-state index in [0.717, 1.165) is 4.90 Å². The van der Waals surface area contributed by atoms with E-state index >= 15 is 0 Å². The van der Waals surface area contributed by atoms with Gasteiger partial charge in [0.15, 0.2) is 5.65 Å². The van der Waals surface area contributed by atoms with Crippen LogP contribution in [0.4, 0.5) is 31.1 Å². The zero-order valence-corrected chi connectivity index (χ0v) is 20.0. The van der Waals surface area contributed by atoms with Gasteiger partial charge in [-0.1, -0.05) is 0 Å². The summed E-state index contributed by atoms with van der Waals surface area (Å²) in [5.41, 5.74) is 0.706. The van der Waals surface area contributed by atoms with Crippen LogP contribution in [0.1, 0.15) is 25.3 Å². The van der Waals surface area contributed by atoms with Gasteiger partial charge in [-0.2, -0.15) is 26.3 Å². The second-order valence-electron chi connectivity index (χ2n) is 8.18. The number of carbonyl (C=O) groups is 1. The number of methoxy groups -OCH3 is 1. The molecule has 0 saturated carbocycles. The molecule has 202 valence electrons. The van der Waals surface area contributed by atoms with Crippen molar-refractivity contribution >= 4 is 11.7 Å². The lowest BCUT2D eigenvalue weighted by atomic mass is 10.1. The number of hydrogen-bond donors (Lipinski definition) is 1. The number of alkyl halides is 6. The number of nitrogens with zero attached hydrogens (tertiary/aromatic N) is 5. The Hall–Kier alpha value is -3.78. The highest BCUT2D eigenvalue weighted by atomic mass is 19.4. The highest BCUT2D eigenvalue weighted by Gasteiger charge is 2.43. The van der Waals surface area contributed by atoms with Gasteiger partial charge in [0.25, 0.3) is 11.4 Å². The Bertz CT molecular complexity index is 1320. The molecule has 1 atom stereocenters. The van der Waals surface area contributed by atoms with Gasteiger partial charge >= 0.3 is 18.4 Å². The van der Waals surface area contributed by atoms with Crippen LogP contribution < -0.4 is 15.6 Å². The van der Waals surface area contributed by atoms with Gasteiger partial charge in [-0.05, 0) is 25.0 Å². The molecule has 3 rings (SSSR count). The van der Waals surface area contributed by atoms with Crippen LogP contribution in [0.5, 0.6) is 5.88 Å². The number of halogens is 6. The van der Waals surface area contributed by atoms with E-state index in [1.807, 2.05) is 0 Å². The number of pyridine rings is 1. The Kier molecular flexibility index (Phi) is 8.03. The molecule has 0 spiro atoms. The van der Waals surface area contributed by atoms with Gasteiger partial charge in [-0.15, -0.1) is 0 Å². The van der Waals surface area contributed by atoms with Crippen molar-refractivity contribution in [2.75, 3.05) is 13.7 Å². The van der Waals surface area contributed by atoms with E-state index in [0.29, 0.717) is 11.2 Å². The summed E-state index contributed by atoms with van der Waals surface area (Å²) in [5.74, 6) is 0.154. The minimum atomic E-state index is -5.07. The Morgan fingerprint density at radius 1 is 1.22 bits per heavy atom. The first-order valence-corrected chi connectivity index (χ1v) is 11.0. The molecular weight excluding hydrogens is 510 g/mol. The number of nitrogens with one attached hydrogen (secondary N) is 1. The molecule has 0 radical (unpaired) electrons. The summed E-state index contributed by atoms with van der Waals surface area (Å²) in [6, 6.07) is -2.43. The molecule has 0 aromatic carbocycles. The summed E-state index contributed by atoms with van der Waals surface area (Å²) in [6.07, 6.45) is -6.84. The standard InChI is InChI=1S/C22H24F6N6O3/c1-4-33(20(36)31-16(22(26,27)28)5-6-21(23,24)25)11-13-9-14(19(35)32(2)10-13)15-12-34-8-7-29-17(34)18(30-15)37-3/h7-10,12,16H,4-6,11H2,1-3H3,(H,31,36). The molecule has 0 saturated heterocycles. The summed E-state index contributed by atoms with van der Waals surface area (Å²) >= 11 is 0. The maximum Gasteiger partial charge on any atom is 0.408 e. The molecule has 37 heavy (non-hydrogen) atoms. The Morgan fingerprint density at radius 3 is 2.51 bits per heavy atom. The lowest BCUT2D eigenvalue weighted by molar-refractivity contribution is -0.171. The molecular formula is C22H24F6N6O3. The van der Waals surface area contributed by atoms with Gasteiger partial charge in [0.2, 0.25) is 0 Å². The fourth-order valence-corrected chi connectivity index (χ4v) is 3.63. The van der Waals surface area contributed by atoms with Crippen LogP contribution in [-0.4, -0.2) is 61.9 Å². The van der Waals surface area contributed by atoms with Crippen LogP contribution in [0.3, 0.4) is 0 Å². The molecule has 9 nitrogen and oxygen atoms in total. The highest BCUT2D eigenvalue weighted by molar-refractivity contribution is 5.74. The molecule has 0 aliphatic rings. The topological polar surface area (TPSA) is 93.8 Å². The summed E-state index contributed by atoms with van der Waals surface area (Å²) in [7, 11) is 2.84. The van der Waals surface area contributed by atoms with Crippen molar-refractivity contribution in [2.24, 2.45) is 7.05 Å². The van der Waals surface area contributed by atoms with E-state index in [2.05, 4.69) is 9.97 Å². The number of ether oxygens (including phenoxy) is 1. The van der Waals surface area contributed by atoms with Gasteiger partial charge < -0.3 is 23.9 Å². The predicted molar refractivity (Wildman–Crippen MR) is 120 cm³/mol. The number of hydrogen-bond acceptors (Lipinski definition) is 5. The normalized spacial score (nSPS) is 13.0. The molecule has 1 N–H and O–H groups in total. The third kappa shape index (κ3) is 6.71. The molecule has 0 fully saturated rings. The van der Waals surface area contributed by atoms with E-state index in [4.69, 9.17) is 4.74 Å². The molecule has 3 heterocycles. The zero-order chi connectivity index (χ0) is 27.5. The number of rotatable bonds is 8. The summed E-state index contributed by atoms with van der Waals surface area (Å²) < 4.78 is 85.3. The monoisotopic (exact) mass is 534 g/mol. The second-order valence-corrected chi connectivity index (χ2v) is 8.18. The molecule has 0 aliphatic carbocycles. The van der Waals surface area contributed by atoms with Crippen LogP contribution in [0.25, 0.3) is 16.9 Å². The fourth-order valence-electron chi connectivity index (χ4n) is 3.63. The van der Waals surface area contributed by atoms with Crippen LogP contribution in [0, 0.1) is 0 Å². The minimum absolute atomic E-state index is 0.0546. The Labute approximate surface area is 206 Å². The lowest BCUT2D eigenvalue weighted by Gasteiger charge is -2.27. The molecule has 2 amide bonds. The molecule has 3 aromatic heterocycles. The number of fused-ring (bicyclic) bond motifs is 1. The van der Waals surface area contributed by atoms with Gasteiger partial charge in [-0.3, -0.25) is 4.79 Å². The van der Waals surface area contributed by atoms with E-state index in [1.54, 1.807) is 22.1 Å². The summed E-state index contributed by atoms with van der Waals surface area (Å²) in [5, 5.41) is 1.66. The van der Waals surface area contributed by atoms with Crippen molar-refractivity contribution < 1.29 is 35.9 Å². The zero-order valence-electron chi connectivity index (χ0n) is 20.0. The molecule has 15 heteroatoms. The second kappa shape index (κ2) is 10.7. The Morgan fingerprint density at radius 2 is 1.92 bits per heavy atom. The van der Waals surface area contributed by atoms with E-state index in [-0.39, 0.29) is 30.2 Å². The van der Waals surface area contributed by atoms with Crippen molar-refractivity contribution in [3.63, 3.8) is 0 Å². The Balaban J connectivity index is 1.88. The van der Waals surface area contributed by atoms with Crippen molar-refractivity contribution in [2.45, 2.75) is 44.7 Å². The summed E-state index contributed by atoms with van der Waals surface area (Å²) in [6.45, 7) is 1.22. The van der Waals surface area contributed by atoms with E-state index < -0.39 is 42.8 Å². The molecule has 3 aromatic rings. The van der Waals surface area contributed by atoms with Crippen LogP contribution >= 0.6 is 0 Å². The predicted octanol–water partition coefficient (Wildman–Crippen LogP) is 3.91. The molecule has 0 aliphatic heterocycles. The SMILES string of the molecule is CCN(Cc1cc(-c2cn3ccnc3c(OC)n2)c(=O)n(C)c1)C(=O)NC(CCC(F)(F)F)C(F)(F)F. The van der Waals surface area contributed by atoms with Crippen molar-refractivity contribution in [3.05, 3.63) is 46.8 Å². The quantitative estimate of drug-likeness (QED) is 0.443.